The van der Waals surface area contributed by atoms with Crippen molar-refractivity contribution in [3.63, 3.8) is 0 Å². The molecule has 0 aromatic heterocycles. The Morgan fingerprint density at radius 2 is 1.58 bits per heavy atom. The third kappa shape index (κ3) is 4.91. The van der Waals surface area contributed by atoms with Gasteiger partial charge in [-0.1, -0.05) is 12.1 Å². The topological polar surface area (TPSA) is 99.1 Å². The zero-order valence-electron chi connectivity index (χ0n) is 14.9. The summed E-state index contributed by atoms with van der Waals surface area (Å²) in [6.45, 7) is 5.32. The second-order valence-electron chi connectivity index (χ2n) is 6.23. The Bertz CT molecular complexity index is 912. The van der Waals surface area contributed by atoms with Gasteiger partial charge in [-0.2, -0.15) is 5.26 Å². The molecule has 0 bridgehead atoms. The predicted octanol–water partition coefficient (Wildman–Crippen LogP) is 2.74. The molecule has 0 radical (unpaired) electrons. The van der Waals surface area contributed by atoms with Crippen LogP contribution in [0.4, 0.5) is 0 Å². The van der Waals surface area contributed by atoms with Crippen LogP contribution in [0, 0.1) is 11.3 Å². The van der Waals surface area contributed by atoms with Gasteiger partial charge in [-0.05, 0) is 62.7 Å². The number of amides is 1. The first kappa shape index (κ1) is 19.6. The minimum Gasteiger partial charge on any atom is -0.346 e. The summed E-state index contributed by atoms with van der Waals surface area (Å²) in [7, 11) is -3.58. The molecule has 2 N–H and O–H groups in total. The summed E-state index contributed by atoms with van der Waals surface area (Å²) in [5, 5.41) is 11.7. The molecule has 0 aliphatic heterocycles. The van der Waals surface area contributed by atoms with Crippen molar-refractivity contribution in [1.29, 1.82) is 5.26 Å². The van der Waals surface area contributed by atoms with Crippen LogP contribution < -0.4 is 10.0 Å². The number of hydrogen-bond donors (Lipinski definition) is 2. The molecule has 2 rings (SSSR count). The molecule has 1 amide bonds. The lowest BCUT2D eigenvalue weighted by atomic mass is 10.1. The van der Waals surface area contributed by atoms with Crippen molar-refractivity contribution in [2.75, 3.05) is 0 Å². The Balaban J connectivity index is 2.08. The number of hydrogen-bond acceptors (Lipinski definition) is 4. The van der Waals surface area contributed by atoms with Crippen molar-refractivity contribution in [3.8, 4) is 6.07 Å². The van der Waals surface area contributed by atoms with E-state index in [0.29, 0.717) is 11.1 Å². The van der Waals surface area contributed by atoms with Gasteiger partial charge in [0.15, 0.2) is 0 Å². The van der Waals surface area contributed by atoms with E-state index < -0.39 is 10.0 Å². The van der Waals surface area contributed by atoms with E-state index in [9.17, 15) is 13.2 Å². The number of nitriles is 1. The lowest BCUT2D eigenvalue weighted by Gasteiger charge is -2.15. The van der Waals surface area contributed by atoms with Gasteiger partial charge in [0.2, 0.25) is 10.0 Å². The Morgan fingerprint density at radius 1 is 1.00 bits per heavy atom. The van der Waals surface area contributed by atoms with Crippen LogP contribution in [0.1, 0.15) is 48.3 Å². The number of carbonyl (C=O) groups is 1. The van der Waals surface area contributed by atoms with Gasteiger partial charge >= 0.3 is 0 Å². The molecule has 0 spiro atoms. The molecule has 0 heterocycles. The first-order chi connectivity index (χ1) is 12.2. The minimum atomic E-state index is -3.58. The van der Waals surface area contributed by atoms with Gasteiger partial charge in [0.05, 0.1) is 22.6 Å². The van der Waals surface area contributed by atoms with Crippen LogP contribution in [-0.4, -0.2) is 20.4 Å². The molecule has 6 nitrogen and oxygen atoms in total. The fourth-order valence-corrected chi connectivity index (χ4v) is 3.62. The molecule has 26 heavy (non-hydrogen) atoms. The Labute approximate surface area is 153 Å². The summed E-state index contributed by atoms with van der Waals surface area (Å²) in [5.74, 6) is -0.303. The summed E-state index contributed by atoms with van der Waals surface area (Å²) >= 11 is 0. The van der Waals surface area contributed by atoms with Crippen LogP contribution in [0.15, 0.2) is 53.4 Å². The zero-order chi connectivity index (χ0) is 19.3. The molecule has 2 aromatic carbocycles. The lowest BCUT2D eigenvalue weighted by Crippen LogP contribution is -2.30. The van der Waals surface area contributed by atoms with Crippen LogP contribution in [0.2, 0.25) is 0 Å². The van der Waals surface area contributed by atoms with Crippen LogP contribution >= 0.6 is 0 Å². The molecular weight excluding hydrogens is 350 g/mol. The van der Waals surface area contributed by atoms with Gasteiger partial charge in [0, 0.05) is 11.6 Å². The highest BCUT2D eigenvalue weighted by atomic mass is 32.2. The third-order valence-corrected chi connectivity index (χ3v) is 5.38. The fourth-order valence-electron chi connectivity index (χ4n) is 2.37. The van der Waals surface area contributed by atoms with E-state index in [0.717, 1.165) is 5.56 Å². The molecule has 7 heteroatoms. The Kier molecular flexibility index (Phi) is 6.14. The van der Waals surface area contributed by atoms with Crippen molar-refractivity contribution >= 4 is 15.9 Å². The standard InChI is InChI=1S/C19H21N3O3S/c1-13(2)22-26(24,25)18-10-8-17(9-11-18)19(23)21-14(3)16-6-4-15(12-20)5-7-16/h4-11,13-14,22H,1-3H3,(H,21,23). The van der Waals surface area contributed by atoms with Crippen LogP contribution in [0.25, 0.3) is 0 Å². The van der Waals surface area contributed by atoms with Crippen LogP contribution in [0.5, 0.6) is 0 Å². The first-order valence-corrected chi connectivity index (χ1v) is 9.64. The predicted molar refractivity (Wildman–Crippen MR) is 98.9 cm³/mol. The van der Waals surface area contributed by atoms with E-state index in [1.165, 1.54) is 24.3 Å². The summed E-state index contributed by atoms with van der Waals surface area (Å²) in [6, 6.07) is 14.3. The molecular formula is C19H21N3O3S. The minimum absolute atomic E-state index is 0.114. The highest BCUT2D eigenvalue weighted by molar-refractivity contribution is 7.89. The molecule has 1 unspecified atom stereocenters. The van der Waals surface area contributed by atoms with E-state index in [1.54, 1.807) is 38.1 Å². The highest BCUT2D eigenvalue weighted by Crippen LogP contribution is 2.15. The van der Waals surface area contributed by atoms with Crippen molar-refractivity contribution < 1.29 is 13.2 Å². The molecule has 1 atom stereocenters. The van der Waals surface area contributed by atoms with Crippen molar-refractivity contribution in [2.24, 2.45) is 0 Å². The smallest absolute Gasteiger partial charge is 0.251 e. The molecule has 0 aliphatic rings. The van der Waals surface area contributed by atoms with Crippen molar-refractivity contribution in [1.82, 2.24) is 10.0 Å². The van der Waals surface area contributed by atoms with Gasteiger partial charge in [0.25, 0.3) is 5.91 Å². The van der Waals surface area contributed by atoms with Crippen molar-refractivity contribution in [3.05, 3.63) is 65.2 Å². The number of benzene rings is 2. The average molecular weight is 371 g/mol. The second-order valence-corrected chi connectivity index (χ2v) is 7.94. The zero-order valence-corrected chi connectivity index (χ0v) is 15.7. The van der Waals surface area contributed by atoms with Gasteiger partial charge in [-0.25, -0.2) is 13.1 Å². The molecule has 2 aromatic rings. The van der Waals surface area contributed by atoms with E-state index >= 15 is 0 Å². The second kappa shape index (κ2) is 8.13. The maximum absolute atomic E-state index is 12.4. The van der Waals surface area contributed by atoms with E-state index in [-0.39, 0.29) is 22.9 Å². The Hall–Kier alpha value is -2.69. The summed E-state index contributed by atoms with van der Waals surface area (Å²) in [6.07, 6.45) is 0. The molecule has 0 saturated heterocycles. The quantitative estimate of drug-likeness (QED) is 0.815. The number of rotatable bonds is 6. The van der Waals surface area contributed by atoms with Gasteiger partial charge in [-0.15, -0.1) is 0 Å². The van der Waals surface area contributed by atoms with E-state index in [4.69, 9.17) is 5.26 Å². The normalized spacial score (nSPS) is 12.4. The average Bonchev–Trinajstić information content (AvgIpc) is 2.60. The number of carbonyl (C=O) groups excluding carboxylic acids is 1. The van der Waals surface area contributed by atoms with E-state index in [1.807, 2.05) is 13.0 Å². The number of sulfonamides is 1. The molecule has 136 valence electrons. The van der Waals surface area contributed by atoms with E-state index in [2.05, 4.69) is 10.0 Å². The first-order valence-electron chi connectivity index (χ1n) is 8.16. The molecule has 0 aliphatic carbocycles. The lowest BCUT2D eigenvalue weighted by molar-refractivity contribution is 0.0940. The third-order valence-electron chi connectivity index (χ3n) is 3.71. The van der Waals surface area contributed by atoms with Gasteiger partial charge in [0.1, 0.15) is 0 Å². The number of nitrogens with one attached hydrogen (secondary N) is 2. The Morgan fingerprint density at radius 3 is 2.08 bits per heavy atom. The van der Waals surface area contributed by atoms with Gasteiger partial charge in [-0.3, -0.25) is 4.79 Å². The maximum atomic E-state index is 12.4. The largest absolute Gasteiger partial charge is 0.346 e. The van der Waals surface area contributed by atoms with Crippen LogP contribution in [0.3, 0.4) is 0 Å². The number of nitrogens with zero attached hydrogens (tertiary/aromatic N) is 1. The van der Waals surface area contributed by atoms with Gasteiger partial charge < -0.3 is 5.32 Å². The highest BCUT2D eigenvalue weighted by Gasteiger charge is 2.17. The molecule has 0 saturated carbocycles. The van der Waals surface area contributed by atoms with Crippen LogP contribution in [-0.2, 0) is 10.0 Å². The fraction of sp³-hybridized carbons (Fsp3) is 0.263. The maximum Gasteiger partial charge on any atom is 0.251 e. The SMILES string of the molecule is CC(C)NS(=O)(=O)c1ccc(C(=O)NC(C)c2ccc(C#N)cc2)cc1. The molecule has 0 fully saturated rings. The van der Waals surface area contributed by atoms with Crippen molar-refractivity contribution in [2.45, 2.75) is 37.8 Å². The summed E-state index contributed by atoms with van der Waals surface area (Å²) in [4.78, 5) is 12.5. The summed E-state index contributed by atoms with van der Waals surface area (Å²) in [5.41, 5.74) is 1.80. The monoisotopic (exact) mass is 371 g/mol. The summed E-state index contributed by atoms with van der Waals surface area (Å²) < 4.78 is 26.7.